The molecule has 6 nitrogen and oxygen atoms in total. The summed E-state index contributed by atoms with van der Waals surface area (Å²) in [5, 5.41) is 0. The van der Waals surface area contributed by atoms with Crippen LogP contribution in [-0.2, 0) is 11.3 Å². The second-order valence-electron chi connectivity index (χ2n) is 7.53. The molecule has 1 heterocycles. The summed E-state index contributed by atoms with van der Waals surface area (Å²) in [5.74, 6) is 0.941. The van der Waals surface area contributed by atoms with E-state index in [0.717, 1.165) is 37.8 Å². The first kappa shape index (κ1) is 18.6. The Kier molecular flexibility index (Phi) is 6.15. The normalized spacial score (nSPS) is 16.9. The second-order valence-corrected chi connectivity index (χ2v) is 7.53. The highest BCUT2D eigenvalue weighted by atomic mass is 16.2. The summed E-state index contributed by atoms with van der Waals surface area (Å²) in [4.78, 5) is 27.7. The van der Waals surface area contributed by atoms with Gasteiger partial charge < -0.3 is 14.7 Å². The van der Waals surface area contributed by atoms with Gasteiger partial charge in [-0.15, -0.1) is 0 Å². The number of hydrogen-bond acceptors (Lipinski definition) is 5. The van der Waals surface area contributed by atoms with Gasteiger partial charge in [0.05, 0.1) is 5.41 Å². The number of amides is 1. The lowest BCUT2D eigenvalue weighted by Gasteiger charge is -2.40. The minimum atomic E-state index is -0.235. The Morgan fingerprint density at radius 1 is 1.04 bits per heavy atom. The molecule has 6 heteroatoms. The second kappa shape index (κ2) is 7.92. The monoisotopic (exact) mass is 333 g/mol. The highest BCUT2D eigenvalue weighted by Gasteiger charge is 2.41. The third-order valence-corrected chi connectivity index (χ3v) is 4.74. The van der Waals surface area contributed by atoms with Crippen LogP contribution in [0.25, 0.3) is 0 Å². The van der Waals surface area contributed by atoms with Crippen molar-refractivity contribution < 1.29 is 4.79 Å². The first-order valence-corrected chi connectivity index (χ1v) is 8.73. The minimum absolute atomic E-state index is 0.235. The van der Waals surface area contributed by atoms with Gasteiger partial charge in [0, 0.05) is 52.2 Å². The van der Waals surface area contributed by atoms with Crippen LogP contribution in [0.5, 0.6) is 0 Å². The fourth-order valence-electron chi connectivity index (χ4n) is 3.68. The molecule has 1 fully saturated rings. The Morgan fingerprint density at radius 2 is 1.62 bits per heavy atom. The molecule has 2 rings (SSSR count). The van der Waals surface area contributed by atoms with Crippen LogP contribution < -0.4 is 4.90 Å². The number of aromatic nitrogens is 2. The quantitative estimate of drug-likeness (QED) is 0.797. The third-order valence-electron chi connectivity index (χ3n) is 4.74. The van der Waals surface area contributed by atoms with Gasteiger partial charge >= 0.3 is 0 Å². The zero-order valence-corrected chi connectivity index (χ0v) is 15.7. The van der Waals surface area contributed by atoms with E-state index in [1.807, 2.05) is 43.3 Å². The largest absolute Gasteiger partial charge is 0.347 e. The van der Waals surface area contributed by atoms with Gasteiger partial charge in [-0.25, -0.2) is 9.97 Å². The first-order chi connectivity index (χ1) is 11.3. The van der Waals surface area contributed by atoms with Gasteiger partial charge in [-0.05, 0) is 26.9 Å². The summed E-state index contributed by atoms with van der Waals surface area (Å²) < 4.78 is 0. The fraction of sp³-hybridized carbons (Fsp3) is 0.722. The highest BCUT2D eigenvalue weighted by molar-refractivity contribution is 5.83. The Labute approximate surface area is 145 Å². The molecule has 0 spiro atoms. The molecule has 134 valence electrons. The lowest BCUT2D eigenvalue weighted by molar-refractivity contribution is -0.144. The summed E-state index contributed by atoms with van der Waals surface area (Å²) >= 11 is 0. The molecular formula is C18H31N5O. The van der Waals surface area contributed by atoms with E-state index in [1.54, 1.807) is 0 Å². The van der Waals surface area contributed by atoms with Crippen molar-refractivity contribution in [1.29, 1.82) is 0 Å². The van der Waals surface area contributed by atoms with Crippen molar-refractivity contribution in [3.05, 3.63) is 18.0 Å². The summed E-state index contributed by atoms with van der Waals surface area (Å²) in [6.07, 6.45) is 9.14. The molecule has 24 heavy (non-hydrogen) atoms. The van der Waals surface area contributed by atoms with Crippen LogP contribution in [-0.4, -0.2) is 67.5 Å². The van der Waals surface area contributed by atoms with E-state index in [-0.39, 0.29) is 11.3 Å². The summed E-state index contributed by atoms with van der Waals surface area (Å²) in [6, 6.07) is 0. The van der Waals surface area contributed by atoms with Crippen molar-refractivity contribution in [1.82, 2.24) is 19.8 Å². The van der Waals surface area contributed by atoms with E-state index in [0.29, 0.717) is 12.5 Å². The van der Waals surface area contributed by atoms with Crippen LogP contribution in [0.15, 0.2) is 12.4 Å². The first-order valence-electron chi connectivity index (χ1n) is 8.73. The lowest BCUT2D eigenvalue weighted by atomic mass is 9.72. The topological polar surface area (TPSA) is 52.6 Å². The van der Waals surface area contributed by atoms with Gasteiger partial charge in [-0.1, -0.05) is 19.3 Å². The number of rotatable bonds is 6. The average Bonchev–Trinajstić information content (AvgIpc) is 2.54. The van der Waals surface area contributed by atoms with E-state index < -0.39 is 0 Å². The van der Waals surface area contributed by atoms with Crippen LogP contribution in [0.3, 0.4) is 0 Å². The summed E-state index contributed by atoms with van der Waals surface area (Å²) in [6.45, 7) is 1.38. The molecule has 0 unspecified atom stereocenters. The maximum atomic E-state index is 13.2. The standard InChI is InChI=1S/C18H31N5O/c1-21(2)14-18(9-7-6-8-10-18)16(24)23(5)13-15-11-19-17(20-12-15)22(3)4/h11-12H,6-10,13-14H2,1-5H3. The summed E-state index contributed by atoms with van der Waals surface area (Å²) in [5.41, 5.74) is 0.730. The maximum absolute atomic E-state index is 13.2. The molecule has 1 saturated carbocycles. The molecule has 0 N–H and O–H groups in total. The predicted molar refractivity (Wildman–Crippen MR) is 96.9 cm³/mol. The molecule has 0 bridgehead atoms. The third kappa shape index (κ3) is 4.44. The van der Waals surface area contributed by atoms with Gasteiger partial charge in [0.1, 0.15) is 0 Å². The zero-order valence-electron chi connectivity index (χ0n) is 15.7. The molecule has 1 aromatic heterocycles. The molecule has 1 aliphatic carbocycles. The molecular weight excluding hydrogens is 302 g/mol. The predicted octanol–water partition coefficient (Wildman–Crippen LogP) is 2.01. The number of nitrogens with zero attached hydrogens (tertiary/aromatic N) is 5. The van der Waals surface area contributed by atoms with Gasteiger partial charge in [0.15, 0.2) is 0 Å². The zero-order chi connectivity index (χ0) is 17.7. The van der Waals surface area contributed by atoms with Crippen LogP contribution >= 0.6 is 0 Å². The van der Waals surface area contributed by atoms with E-state index in [2.05, 4.69) is 29.0 Å². The van der Waals surface area contributed by atoms with E-state index in [4.69, 9.17) is 0 Å². The van der Waals surface area contributed by atoms with Crippen molar-refractivity contribution in [3.63, 3.8) is 0 Å². The number of hydrogen-bond donors (Lipinski definition) is 0. The number of anilines is 1. The minimum Gasteiger partial charge on any atom is -0.347 e. The average molecular weight is 333 g/mol. The van der Waals surface area contributed by atoms with Crippen LogP contribution in [0.2, 0.25) is 0 Å². The van der Waals surface area contributed by atoms with E-state index >= 15 is 0 Å². The number of carbonyl (C=O) groups excluding carboxylic acids is 1. The molecule has 0 atom stereocenters. The Bertz CT molecular complexity index is 535. The van der Waals surface area contributed by atoms with Crippen LogP contribution in [0.1, 0.15) is 37.7 Å². The maximum Gasteiger partial charge on any atom is 0.230 e. The van der Waals surface area contributed by atoms with Gasteiger partial charge in [-0.3, -0.25) is 4.79 Å². The molecule has 1 aliphatic rings. The van der Waals surface area contributed by atoms with Crippen molar-refractivity contribution in [3.8, 4) is 0 Å². The van der Waals surface area contributed by atoms with Crippen LogP contribution in [0, 0.1) is 5.41 Å². The van der Waals surface area contributed by atoms with Gasteiger partial charge in [-0.2, -0.15) is 0 Å². The Hall–Kier alpha value is -1.69. The molecule has 1 amide bonds. The Balaban J connectivity index is 2.08. The van der Waals surface area contributed by atoms with E-state index in [1.165, 1.54) is 6.42 Å². The smallest absolute Gasteiger partial charge is 0.230 e. The van der Waals surface area contributed by atoms with Gasteiger partial charge in [0.25, 0.3) is 0 Å². The molecule has 0 aromatic carbocycles. The molecule has 0 saturated heterocycles. The molecule has 0 aliphatic heterocycles. The Morgan fingerprint density at radius 3 is 2.12 bits per heavy atom. The van der Waals surface area contributed by atoms with Crippen LogP contribution in [0.4, 0.5) is 5.95 Å². The molecule has 1 aromatic rings. The highest BCUT2D eigenvalue weighted by Crippen LogP contribution is 2.38. The SMILES string of the molecule is CN(C)CC1(C(=O)N(C)Cc2cnc(N(C)C)nc2)CCCCC1. The lowest BCUT2D eigenvalue weighted by Crippen LogP contribution is -2.48. The van der Waals surface area contributed by atoms with Crippen molar-refractivity contribution in [2.45, 2.75) is 38.6 Å². The van der Waals surface area contributed by atoms with E-state index in [9.17, 15) is 4.79 Å². The fourth-order valence-corrected chi connectivity index (χ4v) is 3.68. The van der Waals surface area contributed by atoms with Crippen molar-refractivity contribution in [2.75, 3.05) is 46.7 Å². The number of carbonyl (C=O) groups is 1. The van der Waals surface area contributed by atoms with Crippen molar-refractivity contribution in [2.24, 2.45) is 5.41 Å². The van der Waals surface area contributed by atoms with Gasteiger partial charge in [0.2, 0.25) is 11.9 Å². The molecule has 0 radical (unpaired) electrons. The van der Waals surface area contributed by atoms with Crippen molar-refractivity contribution >= 4 is 11.9 Å². The summed E-state index contributed by atoms with van der Waals surface area (Å²) in [7, 11) is 9.83.